The van der Waals surface area contributed by atoms with Crippen LogP contribution >= 0.6 is 31.9 Å². The van der Waals surface area contributed by atoms with Gasteiger partial charge < -0.3 is 0 Å². The van der Waals surface area contributed by atoms with E-state index in [1.54, 1.807) is 18.3 Å². The summed E-state index contributed by atoms with van der Waals surface area (Å²) in [5.41, 5.74) is 1.09. The number of hydrogen-bond acceptors (Lipinski definition) is 3. The molecule has 2 heterocycles. The monoisotopic (exact) mass is 412 g/mol. The molecule has 21 heavy (non-hydrogen) atoms. The van der Waals surface area contributed by atoms with Crippen molar-refractivity contribution in [1.29, 1.82) is 0 Å². The molecule has 0 atom stereocenters. The predicted molar refractivity (Wildman–Crippen MR) is 81.6 cm³/mol. The molecule has 1 aliphatic rings. The van der Waals surface area contributed by atoms with Gasteiger partial charge in [-0.2, -0.15) is 0 Å². The van der Waals surface area contributed by atoms with Crippen LogP contribution in [0, 0.1) is 5.82 Å². The van der Waals surface area contributed by atoms with Gasteiger partial charge in [0, 0.05) is 15.1 Å². The van der Waals surface area contributed by atoms with Crippen molar-refractivity contribution in [3.8, 4) is 0 Å². The molecule has 106 valence electrons. The fourth-order valence-electron chi connectivity index (χ4n) is 2.17. The summed E-state index contributed by atoms with van der Waals surface area (Å²) >= 11 is 6.48. The first-order valence-electron chi connectivity index (χ1n) is 5.93. The summed E-state index contributed by atoms with van der Waals surface area (Å²) in [6.07, 6.45) is 1.61. The molecule has 0 fully saturated rings. The molecular weight excluding hydrogens is 407 g/mol. The number of nitrogens with zero attached hydrogens (tertiary/aromatic N) is 2. The van der Waals surface area contributed by atoms with E-state index >= 15 is 0 Å². The first-order chi connectivity index (χ1) is 9.97. The second-order valence-corrected chi connectivity index (χ2v) is 6.24. The minimum atomic E-state index is -0.706. The van der Waals surface area contributed by atoms with Crippen molar-refractivity contribution in [2.45, 2.75) is 6.54 Å². The van der Waals surface area contributed by atoms with Gasteiger partial charge in [-0.05, 0) is 56.1 Å². The number of ketones is 1. The third-order valence-electron chi connectivity index (χ3n) is 3.09. The van der Waals surface area contributed by atoms with Crippen molar-refractivity contribution in [2.75, 3.05) is 4.90 Å². The first-order valence-corrected chi connectivity index (χ1v) is 7.51. The summed E-state index contributed by atoms with van der Waals surface area (Å²) in [6.45, 7) is 0.148. The number of carbonyl (C=O) groups excluding carboxylic acids is 2. The molecule has 4 nitrogen and oxygen atoms in total. The number of benzene rings is 1. The lowest BCUT2D eigenvalue weighted by atomic mass is 10.1. The van der Waals surface area contributed by atoms with Gasteiger partial charge in [0.1, 0.15) is 5.82 Å². The lowest BCUT2D eigenvalue weighted by Gasteiger charge is -2.17. The van der Waals surface area contributed by atoms with Crippen molar-refractivity contribution in [3.05, 3.63) is 56.5 Å². The first kappa shape index (κ1) is 14.3. The van der Waals surface area contributed by atoms with Gasteiger partial charge in [0.15, 0.2) is 0 Å². The molecule has 0 unspecified atom stereocenters. The number of rotatable bonds is 2. The van der Waals surface area contributed by atoms with Gasteiger partial charge in [-0.3, -0.25) is 19.5 Å². The van der Waals surface area contributed by atoms with E-state index in [9.17, 15) is 14.0 Å². The van der Waals surface area contributed by atoms with Crippen LogP contribution in [-0.2, 0) is 11.3 Å². The Bertz CT molecular complexity index is 762. The highest BCUT2D eigenvalue weighted by atomic mass is 79.9. The summed E-state index contributed by atoms with van der Waals surface area (Å²) in [5.74, 6) is -1.95. The number of anilines is 1. The fraction of sp³-hybridized carbons (Fsp3) is 0.0714. The molecule has 3 rings (SSSR count). The number of aromatic nitrogens is 1. The van der Waals surface area contributed by atoms with Gasteiger partial charge in [-0.15, -0.1) is 0 Å². The summed E-state index contributed by atoms with van der Waals surface area (Å²) in [6, 6.07) is 5.85. The van der Waals surface area contributed by atoms with Gasteiger partial charge in [0.2, 0.25) is 0 Å². The summed E-state index contributed by atoms with van der Waals surface area (Å²) < 4.78 is 14.6. The Kier molecular flexibility index (Phi) is 3.62. The normalized spacial score (nSPS) is 13.8. The standard InChI is InChI=1S/C14H7Br2FN2O2/c15-7-1-2-9(18-5-7)6-19-12-10(13(20)14(19)21)3-8(17)4-11(12)16/h1-5H,6H2. The summed E-state index contributed by atoms with van der Waals surface area (Å²) in [5, 5.41) is 0. The number of halogens is 3. The van der Waals surface area contributed by atoms with Gasteiger partial charge in [-0.25, -0.2) is 4.39 Å². The van der Waals surface area contributed by atoms with E-state index in [-0.39, 0.29) is 12.1 Å². The number of amides is 1. The van der Waals surface area contributed by atoms with Crippen LogP contribution in [0.5, 0.6) is 0 Å². The van der Waals surface area contributed by atoms with Crippen LogP contribution in [0.2, 0.25) is 0 Å². The predicted octanol–water partition coefficient (Wildman–Crippen LogP) is 3.48. The largest absolute Gasteiger partial charge is 0.299 e. The average Bonchev–Trinajstić information content (AvgIpc) is 2.67. The van der Waals surface area contributed by atoms with Gasteiger partial charge in [0.25, 0.3) is 11.7 Å². The average molecular weight is 414 g/mol. The Morgan fingerprint density at radius 1 is 1.19 bits per heavy atom. The fourth-order valence-corrected chi connectivity index (χ4v) is 3.05. The maximum absolute atomic E-state index is 13.4. The second-order valence-electron chi connectivity index (χ2n) is 4.47. The van der Waals surface area contributed by atoms with Crippen LogP contribution in [0.15, 0.2) is 39.4 Å². The number of carbonyl (C=O) groups is 2. The van der Waals surface area contributed by atoms with E-state index in [1.165, 1.54) is 11.0 Å². The zero-order valence-electron chi connectivity index (χ0n) is 10.4. The molecule has 0 saturated heterocycles. The highest BCUT2D eigenvalue weighted by Gasteiger charge is 2.38. The molecular formula is C14H7Br2FN2O2. The second kappa shape index (κ2) is 5.31. The maximum Gasteiger partial charge on any atom is 0.299 e. The maximum atomic E-state index is 13.4. The zero-order valence-corrected chi connectivity index (χ0v) is 13.6. The Balaban J connectivity index is 2.03. The molecule has 1 aromatic heterocycles. The number of Topliss-reactive ketones (excluding diaryl/α,β-unsaturated/α-hetero) is 1. The van der Waals surface area contributed by atoms with E-state index in [0.717, 1.165) is 10.5 Å². The minimum absolute atomic E-state index is 0.0731. The van der Waals surface area contributed by atoms with Crippen LogP contribution in [0.25, 0.3) is 0 Å². The topological polar surface area (TPSA) is 50.3 Å². The summed E-state index contributed by atoms with van der Waals surface area (Å²) in [7, 11) is 0. The van der Waals surface area contributed by atoms with Crippen LogP contribution in [0.1, 0.15) is 16.1 Å². The molecule has 1 aromatic carbocycles. The zero-order chi connectivity index (χ0) is 15.1. The van der Waals surface area contributed by atoms with Gasteiger partial charge >= 0.3 is 0 Å². The summed E-state index contributed by atoms with van der Waals surface area (Å²) in [4.78, 5) is 29.5. The molecule has 0 aliphatic carbocycles. The van der Waals surface area contributed by atoms with Crippen LogP contribution in [-0.4, -0.2) is 16.7 Å². The van der Waals surface area contributed by atoms with E-state index in [0.29, 0.717) is 15.9 Å². The van der Waals surface area contributed by atoms with Crippen LogP contribution < -0.4 is 4.90 Å². The van der Waals surface area contributed by atoms with E-state index in [2.05, 4.69) is 36.8 Å². The SMILES string of the molecule is O=C1C(=O)N(Cc2ccc(Br)cn2)c2c(Br)cc(F)cc21. The highest BCUT2D eigenvalue weighted by molar-refractivity contribution is 9.10. The van der Waals surface area contributed by atoms with Crippen molar-refractivity contribution in [2.24, 2.45) is 0 Å². The van der Waals surface area contributed by atoms with Crippen LogP contribution in [0.3, 0.4) is 0 Å². The molecule has 0 bridgehead atoms. The lowest BCUT2D eigenvalue weighted by Crippen LogP contribution is -2.29. The van der Waals surface area contributed by atoms with Crippen molar-refractivity contribution < 1.29 is 14.0 Å². The molecule has 0 N–H and O–H groups in total. The lowest BCUT2D eigenvalue weighted by molar-refractivity contribution is -0.114. The molecule has 2 aromatic rings. The molecule has 1 aliphatic heterocycles. The smallest absolute Gasteiger partial charge is 0.298 e. The molecule has 0 spiro atoms. The third kappa shape index (κ3) is 2.51. The molecule has 0 saturated carbocycles. The van der Waals surface area contributed by atoms with Crippen molar-refractivity contribution >= 4 is 49.2 Å². The van der Waals surface area contributed by atoms with E-state index in [4.69, 9.17) is 0 Å². The number of fused-ring (bicyclic) bond motifs is 1. The van der Waals surface area contributed by atoms with E-state index in [1.807, 2.05) is 0 Å². The molecule has 1 amide bonds. The quantitative estimate of drug-likeness (QED) is 0.708. The minimum Gasteiger partial charge on any atom is -0.298 e. The van der Waals surface area contributed by atoms with Gasteiger partial charge in [-0.1, -0.05) is 0 Å². The van der Waals surface area contributed by atoms with Gasteiger partial charge in [0.05, 0.1) is 23.5 Å². The van der Waals surface area contributed by atoms with Crippen LogP contribution in [0.4, 0.5) is 10.1 Å². The number of pyridine rings is 1. The Morgan fingerprint density at radius 3 is 2.62 bits per heavy atom. The Hall–Kier alpha value is -1.60. The van der Waals surface area contributed by atoms with E-state index < -0.39 is 17.5 Å². The third-order valence-corrected chi connectivity index (χ3v) is 4.16. The Morgan fingerprint density at radius 2 is 1.95 bits per heavy atom. The number of hydrogen-bond donors (Lipinski definition) is 0. The van der Waals surface area contributed by atoms with Crippen molar-refractivity contribution in [1.82, 2.24) is 4.98 Å². The Labute approximate surface area is 136 Å². The van der Waals surface area contributed by atoms with Crippen molar-refractivity contribution in [3.63, 3.8) is 0 Å². The molecule has 0 radical (unpaired) electrons. The highest BCUT2D eigenvalue weighted by Crippen LogP contribution is 2.37. The molecule has 7 heteroatoms.